The van der Waals surface area contributed by atoms with E-state index >= 15 is 0 Å². The van der Waals surface area contributed by atoms with Crippen LogP contribution < -0.4 is 4.74 Å². The molecule has 3 heteroatoms. The maximum absolute atomic E-state index is 5.22. The van der Waals surface area contributed by atoms with Gasteiger partial charge in [0.2, 0.25) is 0 Å². The number of fused-ring (bicyclic) bond motifs is 1. The second-order valence-electron chi connectivity index (χ2n) is 6.63. The minimum atomic E-state index is 0.876. The van der Waals surface area contributed by atoms with Crippen LogP contribution in [0.1, 0.15) is 50.4 Å². The lowest BCUT2D eigenvalue weighted by Crippen LogP contribution is -2.00. The number of aromatic nitrogens is 2. The van der Waals surface area contributed by atoms with Crippen molar-refractivity contribution in [1.29, 1.82) is 0 Å². The summed E-state index contributed by atoms with van der Waals surface area (Å²) >= 11 is 0. The molecule has 0 N–H and O–H groups in total. The standard InChI is InChI=1S/C23H28N2O/c1-3-4-5-6-9-18-25-22-11-8-7-10-21(22)24-23(25)17-14-19-12-15-20(26-2)16-13-19/h7-8,10-17H,3-6,9,18H2,1-2H3. The summed E-state index contributed by atoms with van der Waals surface area (Å²) in [5.41, 5.74) is 3.43. The van der Waals surface area contributed by atoms with Gasteiger partial charge in [-0.1, -0.05) is 62.9 Å². The van der Waals surface area contributed by atoms with Gasteiger partial charge in [-0.3, -0.25) is 0 Å². The van der Waals surface area contributed by atoms with Gasteiger partial charge in [0.05, 0.1) is 18.1 Å². The molecule has 0 aliphatic heterocycles. The molecular formula is C23H28N2O. The normalized spacial score (nSPS) is 11.5. The van der Waals surface area contributed by atoms with E-state index in [0.29, 0.717) is 0 Å². The van der Waals surface area contributed by atoms with Crippen molar-refractivity contribution in [3.63, 3.8) is 0 Å². The van der Waals surface area contributed by atoms with E-state index in [1.165, 1.54) is 37.6 Å². The molecule has 0 unspecified atom stereocenters. The van der Waals surface area contributed by atoms with Crippen LogP contribution in [0.2, 0.25) is 0 Å². The van der Waals surface area contributed by atoms with Crippen LogP contribution >= 0.6 is 0 Å². The highest BCUT2D eigenvalue weighted by Gasteiger charge is 2.07. The van der Waals surface area contributed by atoms with E-state index in [1.54, 1.807) is 7.11 Å². The van der Waals surface area contributed by atoms with E-state index in [1.807, 2.05) is 12.1 Å². The molecule has 1 aromatic heterocycles. The van der Waals surface area contributed by atoms with Crippen molar-refractivity contribution < 1.29 is 4.74 Å². The predicted molar refractivity (Wildman–Crippen MR) is 110 cm³/mol. The van der Waals surface area contributed by atoms with Crippen molar-refractivity contribution in [2.45, 2.75) is 45.6 Å². The number of unbranched alkanes of at least 4 members (excludes halogenated alkanes) is 4. The molecule has 0 aliphatic carbocycles. The minimum absolute atomic E-state index is 0.876. The number of nitrogens with zero attached hydrogens (tertiary/aromatic N) is 2. The Bertz CT molecular complexity index is 846. The Morgan fingerprint density at radius 1 is 0.923 bits per heavy atom. The molecule has 0 bridgehead atoms. The SMILES string of the molecule is CCCCCCCn1c(C=Cc2ccc(OC)cc2)nc2ccccc21. The molecule has 136 valence electrons. The molecule has 0 fully saturated rings. The van der Waals surface area contributed by atoms with Gasteiger partial charge in [-0.2, -0.15) is 0 Å². The van der Waals surface area contributed by atoms with Gasteiger partial charge in [-0.15, -0.1) is 0 Å². The van der Waals surface area contributed by atoms with Crippen molar-refractivity contribution in [3.8, 4) is 5.75 Å². The number of ether oxygens (including phenoxy) is 1. The van der Waals surface area contributed by atoms with Gasteiger partial charge in [0, 0.05) is 6.54 Å². The Balaban J connectivity index is 1.79. The van der Waals surface area contributed by atoms with E-state index in [-0.39, 0.29) is 0 Å². The molecule has 0 saturated carbocycles. The zero-order valence-corrected chi connectivity index (χ0v) is 15.8. The number of benzene rings is 2. The molecule has 0 saturated heterocycles. The van der Waals surface area contributed by atoms with Crippen LogP contribution in [0.25, 0.3) is 23.2 Å². The van der Waals surface area contributed by atoms with Gasteiger partial charge in [0.1, 0.15) is 11.6 Å². The molecule has 26 heavy (non-hydrogen) atoms. The fourth-order valence-corrected chi connectivity index (χ4v) is 3.22. The van der Waals surface area contributed by atoms with Crippen LogP contribution in [-0.4, -0.2) is 16.7 Å². The summed E-state index contributed by atoms with van der Waals surface area (Å²) in [7, 11) is 1.69. The van der Waals surface area contributed by atoms with Crippen molar-refractivity contribution in [2.75, 3.05) is 7.11 Å². The zero-order chi connectivity index (χ0) is 18.2. The number of aryl methyl sites for hydroxylation is 1. The Labute approximate surface area is 156 Å². The number of para-hydroxylation sites is 2. The molecule has 2 aromatic carbocycles. The van der Waals surface area contributed by atoms with Gasteiger partial charge in [0.25, 0.3) is 0 Å². The van der Waals surface area contributed by atoms with Gasteiger partial charge >= 0.3 is 0 Å². The lowest BCUT2D eigenvalue weighted by atomic mass is 10.1. The molecule has 0 amide bonds. The Morgan fingerprint density at radius 3 is 2.46 bits per heavy atom. The highest BCUT2D eigenvalue weighted by Crippen LogP contribution is 2.20. The molecule has 0 spiro atoms. The van der Waals surface area contributed by atoms with E-state index in [9.17, 15) is 0 Å². The maximum atomic E-state index is 5.22. The zero-order valence-electron chi connectivity index (χ0n) is 15.8. The topological polar surface area (TPSA) is 27.1 Å². The quantitative estimate of drug-likeness (QED) is 0.431. The molecule has 0 atom stereocenters. The molecule has 0 radical (unpaired) electrons. The highest BCUT2D eigenvalue weighted by molar-refractivity contribution is 5.79. The van der Waals surface area contributed by atoms with Crippen molar-refractivity contribution in [2.24, 2.45) is 0 Å². The van der Waals surface area contributed by atoms with E-state index in [0.717, 1.165) is 29.2 Å². The van der Waals surface area contributed by atoms with Gasteiger partial charge < -0.3 is 9.30 Å². The fraction of sp³-hybridized carbons (Fsp3) is 0.348. The van der Waals surface area contributed by atoms with Gasteiger partial charge in [0.15, 0.2) is 0 Å². The first-order chi connectivity index (χ1) is 12.8. The average molecular weight is 348 g/mol. The van der Waals surface area contributed by atoms with Gasteiger partial charge in [-0.25, -0.2) is 4.98 Å². The summed E-state index contributed by atoms with van der Waals surface area (Å²) in [5, 5.41) is 0. The second kappa shape index (κ2) is 9.23. The fourth-order valence-electron chi connectivity index (χ4n) is 3.22. The molecule has 3 aromatic rings. The lowest BCUT2D eigenvalue weighted by molar-refractivity contribution is 0.415. The molecule has 3 rings (SSSR count). The number of methoxy groups -OCH3 is 1. The summed E-state index contributed by atoms with van der Waals surface area (Å²) in [4.78, 5) is 4.83. The smallest absolute Gasteiger partial charge is 0.133 e. The first-order valence-corrected chi connectivity index (χ1v) is 9.59. The van der Waals surface area contributed by atoms with Crippen molar-refractivity contribution in [3.05, 3.63) is 59.9 Å². The highest BCUT2D eigenvalue weighted by atomic mass is 16.5. The van der Waals surface area contributed by atoms with Crippen LogP contribution in [-0.2, 0) is 6.54 Å². The third-order valence-electron chi connectivity index (χ3n) is 4.71. The maximum Gasteiger partial charge on any atom is 0.133 e. The van der Waals surface area contributed by atoms with Crippen LogP contribution in [0.3, 0.4) is 0 Å². The third kappa shape index (κ3) is 4.54. The summed E-state index contributed by atoms with van der Waals surface area (Å²) in [6.07, 6.45) is 10.6. The summed E-state index contributed by atoms with van der Waals surface area (Å²) in [6, 6.07) is 16.5. The number of hydrogen-bond donors (Lipinski definition) is 0. The van der Waals surface area contributed by atoms with Crippen LogP contribution in [0.5, 0.6) is 5.75 Å². The number of imidazole rings is 1. The lowest BCUT2D eigenvalue weighted by Gasteiger charge is -2.07. The second-order valence-corrected chi connectivity index (χ2v) is 6.63. The summed E-state index contributed by atoms with van der Waals surface area (Å²) in [5.74, 6) is 1.90. The Hall–Kier alpha value is -2.55. The number of rotatable bonds is 9. The van der Waals surface area contributed by atoms with Crippen LogP contribution in [0, 0.1) is 0 Å². The third-order valence-corrected chi connectivity index (χ3v) is 4.71. The minimum Gasteiger partial charge on any atom is -0.497 e. The number of hydrogen-bond acceptors (Lipinski definition) is 2. The summed E-state index contributed by atoms with van der Waals surface area (Å²) in [6.45, 7) is 3.28. The first kappa shape index (κ1) is 18.2. The molecule has 1 heterocycles. The predicted octanol–water partition coefficient (Wildman–Crippen LogP) is 6.19. The van der Waals surface area contributed by atoms with E-state index < -0.39 is 0 Å². The largest absolute Gasteiger partial charge is 0.497 e. The van der Waals surface area contributed by atoms with Crippen molar-refractivity contribution in [1.82, 2.24) is 9.55 Å². The van der Waals surface area contributed by atoms with Crippen LogP contribution in [0.4, 0.5) is 0 Å². The monoisotopic (exact) mass is 348 g/mol. The van der Waals surface area contributed by atoms with E-state index in [4.69, 9.17) is 9.72 Å². The first-order valence-electron chi connectivity index (χ1n) is 9.59. The van der Waals surface area contributed by atoms with Crippen LogP contribution in [0.15, 0.2) is 48.5 Å². The Morgan fingerprint density at radius 2 is 1.69 bits per heavy atom. The van der Waals surface area contributed by atoms with E-state index in [2.05, 4.69) is 60.0 Å². The summed E-state index contributed by atoms with van der Waals surface area (Å²) < 4.78 is 7.57. The molecule has 0 aliphatic rings. The Kier molecular flexibility index (Phi) is 6.48. The molecule has 3 nitrogen and oxygen atoms in total. The molecular weight excluding hydrogens is 320 g/mol. The average Bonchev–Trinajstić information content (AvgIpc) is 3.04. The van der Waals surface area contributed by atoms with Crippen molar-refractivity contribution >= 4 is 23.2 Å². The van der Waals surface area contributed by atoms with Gasteiger partial charge in [-0.05, 0) is 42.3 Å².